The van der Waals surface area contributed by atoms with Gasteiger partial charge in [-0.1, -0.05) is 0 Å². The van der Waals surface area contributed by atoms with Crippen LogP contribution >= 0.6 is 0 Å². The van der Waals surface area contributed by atoms with Crippen molar-refractivity contribution in [2.45, 2.75) is 48.1 Å². The van der Waals surface area contributed by atoms with Crippen molar-refractivity contribution in [2.24, 2.45) is 10.2 Å². The molecule has 2 saturated heterocycles. The average molecular weight is 614 g/mol. The van der Waals surface area contributed by atoms with Gasteiger partial charge in [0.2, 0.25) is 11.4 Å². The molecule has 3 unspecified atom stereocenters. The van der Waals surface area contributed by atoms with E-state index in [0.29, 0.717) is 16.7 Å². The molecule has 6 heterocycles. The fourth-order valence-corrected chi connectivity index (χ4v) is 5.26. The molecule has 2 aliphatic rings. The van der Waals surface area contributed by atoms with E-state index in [1.807, 2.05) is 0 Å². The molecule has 8 atom stereocenters. The molecule has 0 saturated carbocycles. The molecule has 21 heteroatoms. The van der Waals surface area contributed by atoms with Gasteiger partial charge in [-0.15, -0.1) is 0 Å². The first-order chi connectivity index (χ1) is 21.1. The standard InChI is InChI=1S/C12H14N6O4.C11H13N7O4/c13-6-3-4-15-18-7(6)1-2-9(18)12(16-17-14)11(21)10(20)8(5-19)22-12;12-10-5-1-2-7(18(5)15-4-14-10)11(16-17-13)9(21)8(20)6(3-19)22-11/h1-4,8,10-11,19-21H,5,13H2;1-2,4,6,8-9,19-21H,3H2,(H2,12,14,15)/t8-,10?,11+,12-;6-,8?,9+,11?/m11/s1. The van der Waals surface area contributed by atoms with E-state index in [1.165, 1.54) is 33.7 Å². The van der Waals surface area contributed by atoms with Gasteiger partial charge in [0, 0.05) is 16.0 Å². The molecule has 0 aromatic carbocycles. The van der Waals surface area contributed by atoms with Crippen molar-refractivity contribution in [3.63, 3.8) is 0 Å². The third-order valence-electron chi connectivity index (χ3n) is 7.42. The minimum atomic E-state index is -1.94. The molecule has 0 aliphatic carbocycles. The van der Waals surface area contributed by atoms with Crippen LogP contribution in [0.1, 0.15) is 11.4 Å². The van der Waals surface area contributed by atoms with Crippen LogP contribution in [0.25, 0.3) is 31.9 Å². The lowest BCUT2D eigenvalue weighted by molar-refractivity contribution is -0.0970. The van der Waals surface area contributed by atoms with Crippen molar-refractivity contribution >= 4 is 22.5 Å². The maximum Gasteiger partial charge on any atom is 0.217 e. The van der Waals surface area contributed by atoms with E-state index in [-0.39, 0.29) is 17.2 Å². The van der Waals surface area contributed by atoms with Gasteiger partial charge in [0.15, 0.2) is 5.82 Å². The predicted molar refractivity (Wildman–Crippen MR) is 147 cm³/mol. The molecule has 232 valence electrons. The average Bonchev–Trinajstić information content (AvgIpc) is 3.77. The molecule has 0 spiro atoms. The minimum Gasteiger partial charge on any atom is -0.397 e. The number of anilines is 2. The molecular weight excluding hydrogens is 586 g/mol. The number of nitrogens with zero attached hydrogens (tertiary/aromatic N) is 11. The topological polar surface area (TPSA) is 337 Å². The highest BCUT2D eigenvalue weighted by Gasteiger charge is 2.57. The summed E-state index contributed by atoms with van der Waals surface area (Å²) in [5.74, 6) is 0.184. The van der Waals surface area contributed by atoms with Gasteiger partial charge in [0.25, 0.3) is 0 Å². The lowest BCUT2D eigenvalue weighted by Gasteiger charge is -2.26. The summed E-state index contributed by atoms with van der Waals surface area (Å²) in [6.45, 7) is -1.10. The molecule has 21 nitrogen and oxygen atoms in total. The zero-order valence-corrected chi connectivity index (χ0v) is 22.5. The Morgan fingerprint density at radius 3 is 1.77 bits per heavy atom. The van der Waals surface area contributed by atoms with Gasteiger partial charge in [-0.05, 0) is 51.6 Å². The summed E-state index contributed by atoms with van der Waals surface area (Å²) in [6.07, 6.45) is -5.57. The number of ether oxygens (including phenoxy) is 2. The largest absolute Gasteiger partial charge is 0.397 e. The van der Waals surface area contributed by atoms with Gasteiger partial charge in [-0.25, -0.2) is 14.0 Å². The number of nitrogens with two attached hydrogens (primary N) is 2. The number of aromatic nitrogens is 5. The van der Waals surface area contributed by atoms with Gasteiger partial charge in [0.05, 0.1) is 35.8 Å². The third kappa shape index (κ3) is 4.58. The first-order valence-electron chi connectivity index (χ1n) is 12.8. The summed E-state index contributed by atoms with van der Waals surface area (Å²) < 4.78 is 13.6. The molecule has 4 aromatic rings. The molecule has 0 radical (unpaired) electrons. The number of hydrogen-bond acceptors (Lipinski definition) is 15. The molecular formula is C23H27N13O8. The Morgan fingerprint density at radius 2 is 1.30 bits per heavy atom. The number of fused-ring (bicyclic) bond motifs is 2. The number of aliphatic hydroxyl groups excluding tert-OH is 6. The summed E-state index contributed by atoms with van der Waals surface area (Å²) in [4.78, 5) is 9.22. The van der Waals surface area contributed by atoms with E-state index >= 15 is 0 Å². The van der Waals surface area contributed by atoms with Gasteiger partial charge in [-0.2, -0.15) is 10.2 Å². The lowest BCUT2D eigenvalue weighted by atomic mass is 10.0. The Kier molecular flexibility index (Phi) is 8.16. The van der Waals surface area contributed by atoms with E-state index in [0.717, 1.165) is 0 Å². The predicted octanol–water partition coefficient (Wildman–Crippen LogP) is -1.62. The highest BCUT2D eigenvalue weighted by molar-refractivity contribution is 5.69. The summed E-state index contributed by atoms with van der Waals surface area (Å²) in [6, 6.07) is 7.81. The number of aliphatic hydroxyl groups is 6. The van der Waals surface area contributed by atoms with Crippen LogP contribution in [0.4, 0.5) is 11.5 Å². The molecule has 2 fully saturated rings. The van der Waals surface area contributed by atoms with Crippen LogP contribution < -0.4 is 11.5 Å². The molecule has 6 rings (SSSR count). The number of rotatable bonds is 6. The van der Waals surface area contributed by atoms with Crippen LogP contribution in [-0.2, 0) is 20.9 Å². The van der Waals surface area contributed by atoms with Crippen molar-refractivity contribution in [1.82, 2.24) is 24.2 Å². The molecule has 2 aliphatic heterocycles. The van der Waals surface area contributed by atoms with E-state index in [4.69, 9.17) is 32.0 Å². The lowest BCUT2D eigenvalue weighted by Crippen LogP contribution is -2.40. The Morgan fingerprint density at radius 1 is 0.795 bits per heavy atom. The first kappa shape index (κ1) is 30.7. The van der Waals surface area contributed by atoms with Crippen LogP contribution in [-0.4, -0.2) is 105 Å². The Labute approximate surface area is 245 Å². The van der Waals surface area contributed by atoms with Crippen LogP contribution in [0.15, 0.2) is 53.1 Å². The number of azide groups is 2. The fraction of sp³-hybridized carbons (Fsp3) is 0.435. The van der Waals surface area contributed by atoms with E-state index < -0.39 is 61.3 Å². The zero-order valence-electron chi connectivity index (χ0n) is 22.5. The molecule has 4 aromatic heterocycles. The van der Waals surface area contributed by atoms with E-state index in [1.54, 1.807) is 18.2 Å². The smallest absolute Gasteiger partial charge is 0.217 e. The molecule has 10 N–H and O–H groups in total. The van der Waals surface area contributed by atoms with Gasteiger partial charge >= 0.3 is 0 Å². The Hall–Kier alpha value is -4.79. The maximum absolute atomic E-state index is 10.3. The van der Waals surface area contributed by atoms with Gasteiger partial charge in [0.1, 0.15) is 48.5 Å². The number of hydrogen-bond donors (Lipinski definition) is 8. The minimum absolute atomic E-state index is 0.164. The fourth-order valence-electron chi connectivity index (χ4n) is 5.26. The second-order valence-corrected chi connectivity index (χ2v) is 9.78. The number of nitrogen functional groups attached to an aromatic ring is 2. The van der Waals surface area contributed by atoms with Gasteiger partial charge < -0.3 is 51.6 Å². The normalized spacial score (nSPS) is 31.3. The van der Waals surface area contributed by atoms with Crippen molar-refractivity contribution < 1.29 is 40.1 Å². The monoisotopic (exact) mass is 613 g/mol. The van der Waals surface area contributed by atoms with Crippen LogP contribution in [0.2, 0.25) is 0 Å². The zero-order chi connectivity index (χ0) is 31.8. The Bertz CT molecular complexity index is 1640. The van der Waals surface area contributed by atoms with Gasteiger partial charge in [-0.3, -0.25) is 0 Å². The Balaban J connectivity index is 0.000000175. The summed E-state index contributed by atoms with van der Waals surface area (Å²) in [7, 11) is 0. The SMILES string of the molecule is [N-]=[N+]=NC1(c2ccc3c(N)ncnn23)O[C@H](CO)C(O)[C@@H]1O.[N-]=[N+]=N[C@]1(c2ccc3c(N)ccnn23)O[C@H](CO)C(O)[C@@H]1O. The second-order valence-electron chi connectivity index (χ2n) is 9.78. The van der Waals surface area contributed by atoms with Crippen molar-refractivity contribution in [1.29, 1.82) is 0 Å². The summed E-state index contributed by atoms with van der Waals surface area (Å²) in [5, 5.41) is 74.2. The molecule has 0 bridgehead atoms. The molecule has 44 heavy (non-hydrogen) atoms. The van der Waals surface area contributed by atoms with Crippen LogP contribution in [0.3, 0.4) is 0 Å². The highest BCUT2D eigenvalue weighted by Crippen LogP contribution is 2.43. The van der Waals surface area contributed by atoms with Crippen molar-refractivity contribution in [2.75, 3.05) is 24.7 Å². The van der Waals surface area contributed by atoms with Crippen molar-refractivity contribution in [3.8, 4) is 0 Å². The summed E-state index contributed by atoms with van der Waals surface area (Å²) in [5.41, 5.74) is 27.2. The summed E-state index contributed by atoms with van der Waals surface area (Å²) >= 11 is 0. The van der Waals surface area contributed by atoms with Crippen molar-refractivity contribution in [3.05, 3.63) is 75.1 Å². The quantitative estimate of drug-likeness (QED) is 0.0689. The maximum atomic E-state index is 10.3. The molecule has 0 amide bonds. The second kappa shape index (κ2) is 11.7. The highest BCUT2D eigenvalue weighted by atomic mass is 16.6. The first-order valence-corrected chi connectivity index (χ1v) is 12.8. The van der Waals surface area contributed by atoms with E-state index in [2.05, 4.69) is 35.2 Å². The van der Waals surface area contributed by atoms with E-state index in [9.17, 15) is 30.6 Å². The third-order valence-corrected chi connectivity index (χ3v) is 7.42. The van der Waals surface area contributed by atoms with Crippen LogP contribution in [0, 0.1) is 0 Å². The van der Waals surface area contributed by atoms with Crippen LogP contribution in [0.5, 0.6) is 0 Å².